The molecule has 4 nitrogen and oxygen atoms in total. The van der Waals surface area contributed by atoms with Gasteiger partial charge in [0.15, 0.2) is 0 Å². The second kappa shape index (κ2) is 8.04. The molecule has 0 amide bonds. The second-order valence-corrected chi connectivity index (χ2v) is 7.72. The number of hydrogen-bond acceptors (Lipinski definition) is 4. The van der Waals surface area contributed by atoms with Crippen LogP contribution in [0.4, 0.5) is 10.1 Å². The molecule has 1 atom stereocenters. The SMILES string of the molecule is CN1C=Cc2cc(-c3ccc(F)c(C#N)c3)cc(NCC3CCCNC3)c2C1. The highest BCUT2D eigenvalue weighted by molar-refractivity contribution is 5.77. The lowest BCUT2D eigenvalue weighted by Gasteiger charge is -2.27. The summed E-state index contributed by atoms with van der Waals surface area (Å²) in [4.78, 5) is 2.17. The Morgan fingerprint density at radius 2 is 2.18 bits per heavy atom. The molecule has 144 valence electrons. The summed E-state index contributed by atoms with van der Waals surface area (Å²) in [6, 6.07) is 10.9. The second-order valence-electron chi connectivity index (χ2n) is 7.72. The van der Waals surface area contributed by atoms with Gasteiger partial charge in [0.25, 0.3) is 0 Å². The Morgan fingerprint density at radius 1 is 1.29 bits per heavy atom. The molecule has 0 bridgehead atoms. The van der Waals surface area contributed by atoms with Crippen LogP contribution in [0, 0.1) is 23.1 Å². The molecule has 0 radical (unpaired) electrons. The number of benzene rings is 2. The van der Waals surface area contributed by atoms with Crippen molar-refractivity contribution in [1.29, 1.82) is 5.26 Å². The molecule has 2 aromatic carbocycles. The van der Waals surface area contributed by atoms with Gasteiger partial charge in [0.2, 0.25) is 0 Å². The van der Waals surface area contributed by atoms with Gasteiger partial charge in [-0.25, -0.2) is 4.39 Å². The van der Waals surface area contributed by atoms with Crippen LogP contribution in [0.15, 0.2) is 36.5 Å². The minimum absolute atomic E-state index is 0.0771. The molecule has 2 aliphatic rings. The highest BCUT2D eigenvalue weighted by atomic mass is 19.1. The standard InChI is InChI=1S/C23H25FN4/c1-28-8-6-18-10-19(17-4-5-22(24)20(9-17)12-25)11-23(21(18)15-28)27-14-16-3-2-7-26-13-16/h4-6,8-11,16,26-27H,2-3,7,13-15H2,1H3. The van der Waals surface area contributed by atoms with Gasteiger partial charge in [-0.1, -0.05) is 6.07 Å². The van der Waals surface area contributed by atoms with Crippen molar-refractivity contribution >= 4 is 11.8 Å². The fraction of sp³-hybridized carbons (Fsp3) is 0.348. The molecule has 2 aromatic rings. The molecular weight excluding hydrogens is 351 g/mol. The van der Waals surface area contributed by atoms with Crippen LogP contribution in [-0.4, -0.2) is 31.6 Å². The van der Waals surface area contributed by atoms with Crippen LogP contribution in [0.3, 0.4) is 0 Å². The predicted molar refractivity (Wildman–Crippen MR) is 111 cm³/mol. The molecule has 4 rings (SSSR count). The van der Waals surface area contributed by atoms with E-state index in [1.165, 1.54) is 30.0 Å². The molecule has 1 saturated heterocycles. The zero-order valence-corrected chi connectivity index (χ0v) is 16.1. The number of nitriles is 1. The van der Waals surface area contributed by atoms with E-state index in [2.05, 4.69) is 47.0 Å². The number of anilines is 1. The first kappa shape index (κ1) is 18.5. The fourth-order valence-electron chi connectivity index (χ4n) is 4.00. The van der Waals surface area contributed by atoms with Crippen molar-refractivity contribution in [3.63, 3.8) is 0 Å². The zero-order valence-electron chi connectivity index (χ0n) is 16.1. The summed E-state index contributed by atoms with van der Waals surface area (Å²) in [6.45, 7) is 3.95. The number of rotatable bonds is 4. The summed E-state index contributed by atoms with van der Waals surface area (Å²) in [7, 11) is 2.07. The summed E-state index contributed by atoms with van der Waals surface area (Å²) in [5.74, 6) is 0.148. The Hall–Kier alpha value is -2.84. The van der Waals surface area contributed by atoms with Crippen LogP contribution in [0.2, 0.25) is 0 Å². The van der Waals surface area contributed by atoms with Crippen LogP contribution in [0.1, 0.15) is 29.5 Å². The highest BCUT2D eigenvalue weighted by Gasteiger charge is 2.18. The van der Waals surface area contributed by atoms with E-state index in [9.17, 15) is 4.39 Å². The van der Waals surface area contributed by atoms with Gasteiger partial charge in [-0.05, 0) is 85.1 Å². The van der Waals surface area contributed by atoms with Crippen molar-refractivity contribution in [3.8, 4) is 17.2 Å². The number of hydrogen-bond donors (Lipinski definition) is 2. The van der Waals surface area contributed by atoms with Gasteiger partial charge in [-0.15, -0.1) is 0 Å². The maximum absolute atomic E-state index is 13.8. The monoisotopic (exact) mass is 376 g/mol. The van der Waals surface area contributed by atoms with E-state index in [4.69, 9.17) is 5.26 Å². The van der Waals surface area contributed by atoms with Crippen molar-refractivity contribution in [2.75, 3.05) is 32.0 Å². The van der Waals surface area contributed by atoms with E-state index in [1.807, 2.05) is 6.07 Å². The van der Waals surface area contributed by atoms with Gasteiger partial charge in [0.05, 0.1) is 5.56 Å². The molecule has 0 aromatic heterocycles. The van der Waals surface area contributed by atoms with Gasteiger partial charge in [0, 0.05) is 31.4 Å². The molecule has 28 heavy (non-hydrogen) atoms. The third-order valence-electron chi connectivity index (χ3n) is 5.60. The molecule has 0 saturated carbocycles. The van der Waals surface area contributed by atoms with Crippen molar-refractivity contribution in [3.05, 3.63) is 59.0 Å². The van der Waals surface area contributed by atoms with Crippen molar-refractivity contribution < 1.29 is 4.39 Å². The molecule has 2 N–H and O–H groups in total. The maximum Gasteiger partial charge on any atom is 0.140 e. The number of nitrogens with one attached hydrogen (secondary N) is 2. The van der Waals surface area contributed by atoms with E-state index in [1.54, 1.807) is 12.1 Å². The van der Waals surface area contributed by atoms with Gasteiger partial charge >= 0.3 is 0 Å². The minimum atomic E-state index is -0.478. The first-order chi connectivity index (χ1) is 13.6. The van der Waals surface area contributed by atoms with E-state index < -0.39 is 5.82 Å². The van der Waals surface area contributed by atoms with Crippen LogP contribution in [-0.2, 0) is 6.54 Å². The third-order valence-corrected chi connectivity index (χ3v) is 5.60. The lowest BCUT2D eigenvalue weighted by atomic mass is 9.94. The Morgan fingerprint density at radius 3 is 2.96 bits per heavy atom. The number of piperidine rings is 1. The summed E-state index contributed by atoms with van der Waals surface area (Å²) >= 11 is 0. The Labute approximate surface area is 165 Å². The number of nitrogens with zero attached hydrogens (tertiary/aromatic N) is 2. The molecule has 0 spiro atoms. The van der Waals surface area contributed by atoms with Gasteiger partial charge < -0.3 is 15.5 Å². The average molecular weight is 376 g/mol. The zero-order chi connectivity index (χ0) is 19.5. The lowest BCUT2D eigenvalue weighted by molar-refractivity contribution is 0.392. The first-order valence-corrected chi connectivity index (χ1v) is 9.84. The van der Waals surface area contributed by atoms with Crippen molar-refractivity contribution in [2.24, 2.45) is 5.92 Å². The van der Waals surface area contributed by atoms with E-state index >= 15 is 0 Å². The molecular formula is C23H25FN4. The van der Waals surface area contributed by atoms with Crippen molar-refractivity contribution in [2.45, 2.75) is 19.4 Å². The van der Waals surface area contributed by atoms with Gasteiger partial charge in [-0.2, -0.15) is 5.26 Å². The Kier molecular flexibility index (Phi) is 5.31. The summed E-state index contributed by atoms with van der Waals surface area (Å²) in [5.41, 5.74) is 5.50. The number of fused-ring (bicyclic) bond motifs is 1. The first-order valence-electron chi connectivity index (χ1n) is 9.84. The van der Waals surface area contributed by atoms with Crippen LogP contribution < -0.4 is 10.6 Å². The summed E-state index contributed by atoms with van der Waals surface area (Å²) in [5, 5.41) is 16.3. The molecule has 2 aliphatic heterocycles. The van der Waals surface area contributed by atoms with Crippen molar-refractivity contribution in [1.82, 2.24) is 10.2 Å². The van der Waals surface area contributed by atoms with Crippen LogP contribution >= 0.6 is 0 Å². The maximum atomic E-state index is 13.8. The summed E-state index contributed by atoms with van der Waals surface area (Å²) in [6.07, 6.45) is 6.66. The fourth-order valence-corrected chi connectivity index (χ4v) is 4.00. The normalized spacial score (nSPS) is 18.5. The minimum Gasteiger partial charge on any atom is -0.384 e. The van der Waals surface area contributed by atoms with E-state index in [0.29, 0.717) is 5.92 Å². The van der Waals surface area contributed by atoms with Gasteiger partial charge in [0.1, 0.15) is 11.9 Å². The van der Waals surface area contributed by atoms with E-state index in [-0.39, 0.29) is 5.56 Å². The molecule has 0 aliphatic carbocycles. The molecule has 5 heteroatoms. The Bertz CT molecular complexity index is 938. The third kappa shape index (κ3) is 3.88. The van der Waals surface area contributed by atoms with Crippen LogP contribution in [0.5, 0.6) is 0 Å². The average Bonchev–Trinajstić information content (AvgIpc) is 2.73. The lowest BCUT2D eigenvalue weighted by Crippen LogP contribution is -2.33. The van der Waals surface area contributed by atoms with Gasteiger partial charge in [-0.3, -0.25) is 0 Å². The highest BCUT2D eigenvalue weighted by Crippen LogP contribution is 2.33. The topological polar surface area (TPSA) is 51.1 Å². The number of halogens is 1. The smallest absolute Gasteiger partial charge is 0.140 e. The summed E-state index contributed by atoms with van der Waals surface area (Å²) < 4.78 is 13.8. The Balaban J connectivity index is 1.69. The molecule has 1 unspecified atom stereocenters. The molecule has 2 heterocycles. The quantitative estimate of drug-likeness (QED) is 0.840. The largest absolute Gasteiger partial charge is 0.384 e. The van der Waals surface area contributed by atoms with Crippen LogP contribution in [0.25, 0.3) is 17.2 Å². The molecule has 1 fully saturated rings. The predicted octanol–water partition coefficient (Wildman–Crippen LogP) is 4.19. The van der Waals surface area contributed by atoms with E-state index in [0.717, 1.165) is 43.0 Å².